The van der Waals surface area contributed by atoms with Gasteiger partial charge in [0.1, 0.15) is 4.34 Å². The second-order valence-corrected chi connectivity index (χ2v) is 6.65. The SMILES string of the molecule is O=C(c1cc(Cl)sc1Cl)N1CC(Nc2ncccn2)C1. The Balaban J connectivity index is 1.58. The number of carbonyl (C=O) groups is 1. The number of hydrogen-bond donors (Lipinski definition) is 1. The number of nitrogens with one attached hydrogen (secondary N) is 1. The molecule has 3 heterocycles. The van der Waals surface area contributed by atoms with Gasteiger partial charge in [0.15, 0.2) is 0 Å². The average molecular weight is 329 g/mol. The van der Waals surface area contributed by atoms with Crippen LogP contribution >= 0.6 is 34.5 Å². The topological polar surface area (TPSA) is 58.1 Å². The molecule has 1 amide bonds. The van der Waals surface area contributed by atoms with Gasteiger partial charge in [-0.3, -0.25) is 4.79 Å². The second kappa shape index (κ2) is 5.55. The van der Waals surface area contributed by atoms with Crippen LogP contribution in [0.15, 0.2) is 24.5 Å². The van der Waals surface area contributed by atoms with E-state index in [0.29, 0.717) is 33.3 Å². The fraction of sp³-hybridized carbons (Fsp3) is 0.250. The van der Waals surface area contributed by atoms with Crippen molar-refractivity contribution in [2.24, 2.45) is 0 Å². The number of rotatable bonds is 3. The largest absolute Gasteiger partial charge is 0.348 e. The van der Waals surface area contributed by atoms with Crippen LogP contribution in [-0.2, 0) is 0 Å². The van der Waals surface area contributed by atoms with Crippen molar-refractivity contribution in [2.75, 3.05) is 18.4 Å². The number of aromatic nitrogens is 2. The molecule has 1 fully saturated rings. The first kappa shape index (κ1) is 13.6. The van der Waals surface area contributed by atoms with Gasteiger partial charge >= 0.3 is 0 Å². The predicted octanol–water partition coefficient (Wildman–Crippen LogP) is 2.78. The van der Waals surface area contributed by atoms with Crippen LogP contribution in [0, 0.1) is 0 Å². The highest BCUT2D eigenvalue weighted by molar-refractivity contribution is 7.20. The average Bonchev–Trinajstić information content (AvgIpc) is 2.73. The van der Waals surface area contributed by atoms with Gasteiger partial charge in [-0.1, -0.05) is 23.2 Å². The lowest BCUT2D eigenvalue weighted by Gasteiger charge is -2.39. The molecule has 5 nitrogen and oxygen atoms in total. The van der Waals surface area contributed by atoms with Crippen LogP contribution in [-0.4, -0.2) is 39.9 Å². The number of anilines is 1. The maximum atomic E-state index is 12.2. The van der Waals surface area contributed by atoms with Crippen LogP contribution in [0.5, 0.6) is 0 Å². The van der Waals surface area contributed by atoms with E-state index >= 15 is 0 Å². The monoisotopic (exact) mass is 328 g/mol. The van der Waals surface area contributed by atoms with Crippen LogP contribution in [0.25, 0.3) is 0 Å². The fourth-order valence-corrected chi connectivity index (χ4v) is 3.40. The van der Waals surface area contributed by atoms with Gasteiger partial charge in [0, 0.05) is 25.5 Å². The van der Waals surface area contributed by atoms with E-state index in [2.05, 4.69) is 15.3 Å². The minimum absolute atomic E-state index is 0.0924. The molecular formula is C12H10Cl2N4OS. The van der Waals surface area contributed by atoms with E-state index < -0.39 is 0 Å². The van der Waals surface area contributed by atoms with Crippen molar-refractivity contribution in [1.82, 2.24) is 14.9 Å². The molecule has 0 saturated carbocycles. The molecule has 20 heavy (non-hydrogen) atoms. The smallest absolute Gasteiger partial charge is 0.256 e. The molecule has 2 aromatic heterocycles. The van der Waals surface area contributed by atoms with Crippen LogP contribution in [0.4, 0.5) is 5.95 Å². The number of amides is 1. The minimum atomic E-state index is -0.0924. The maximum absolute atomic E-state index is 12.2. The molecule has 0 bridgehead atoms. The van der Waals surface area contributed by atoms with Crippen LogP contribution < -0.4 is 5.32 Å². The summed E-state index contributed by atoms with van der Waals surface area (Å²) in [6.07, 6.45) is 3.34. The molecule has 0 aromatic carbocycles. The van der Waals surface area contributed by atoms with Crippen molar-refractivity contribution < 1.29 is 4.79 Å². The predicted molar refractivity (Wildman–Crippen MR) is 79.7 cm³/mol. The van der Waals surface area contributed by atoms with Crippen molar-refractivity contribution in [1.29, 1.82) is 0 Å². The summed E-state index contributed by atoms with van der Waals surface area (Å²) >= 11 is 13.0. The molecule has 0 atom stereocenters. The molecule has 1 N–H and O–H groups in total. The van der Waals surface area contributed by atoms with Crippen molar-refractivity contribution >= 4 is 46.4 Å². The van der Waals surface area contributed by atoms with Gasteiger partial charge in [0.2, 0.25) is 5.95 Å². The molecule has 1 aliphatic rings. The molecular weight excluding hydrogens is 319 g/mol. The van der Waals surface area contributed by atoms with Gasteiger partial charge in [-0.2, -0.15) is 0 Å². The van der Waals surface area contributed by atoms with Gasteiger partial charge in [0.25, 0.3) is 5.91 Å². The highest BCUT2D eigenvalue weighted by Gasteiger charge is 2.33. The molecule has 0 spiro atoms. The molecule has 104 valence electrons. The van der Waals surface area contributed by atoms with E-state index in [9.17, 15) is 4.79 Å². The zero-order valence-corrected chi connectivity index (χ0v) is 12.5. The van der Waals surface area contributed by atoms with Gasteiger partial charge in [0.05, 0.1) is 15.9 Å². The summed E-state index contributed by atoms with van der Waals surface area (Å²) in [5, 5.41) is 3.16. The molecule has 3 rings (SSSR count). The summed E-state index contributed by atoms with van der Waals surface area (Å²) in [6, 6.07) is 3.52. The number of thiophene rings is 1. The zero-order valence-electron chi connectivity index (χ0n) is 10.2. The molecule has 8 heteroatoms. The third-order valence-corrected chi connectivity index (χ3v) is 4.44. The second-order valence-electron chi connectivity index (χ2n) is 4.36. The quantitative estimate of drug-likeness (QED) is 0.941. The first-order chi connectivity index (χ1) is 9.63. The molecule has 0 aliphatic carbocycles. The first-order valence-electron chi connectivity index (χ1n) is 5.91. The van der Waals surface area contributed by atoms with Crippen molar-refractivity contribution in [3.8, 4) is 0 Å². The Hall–Kier alpha value is -1.37. The molecule has 0 unspecified atom stereocenters. The molecule has 2 aromatic rings. The van der Waals surface area contributed by atoms with E-state index in [1.54, 1.807) is 29.4 Å². The van der Waals surface area contributed by atoms with E-state index in [1.807, 2.05) is 0 Å². The van der Waals surface area contributed by atoms with Crippen molar-refractivity contribution in [3.05, 3.63) is 38.8 Å². The summed E-state index contributed by atoms with van der Waals surface area (Å²) < 4.78 is 0.953. The fourth-order valence-electron chi connectivity index (χ4n) is 1.95. The maximum Gasteiger partial charge on any atom is 0.256 e. The Morgan fingerprint density at radius 3 is 2.65 bits per heavy atom. The zero-order chi connectivity index (χ0) is 14.1. The van der Waals surface area contributed by atoms with E-state index in [1.165, 1.54) is 11.3 Å². The van der Waals surface area contributed by atoms with Gasteiger partial charge in [-0.15, -0.1) is 11.3 Å². The summed E-state index contributed by atoms with van der Waals surface area (Å²) in [5.74, 6) is 0.478. The van der Waals surface area contributed by atoms with E-state index in [-0.39, 0.29) is 11.9 Å². The number of carbonyl (C=O) groups excluding carboxylic acids is 1. The van der Waals surface area contributed by atoms with E-state index in [4.69, 9.17) is 23.2 Å². The Bertz CT molecular complexity index is 628. The summed E-state index contributed by atoms with van der Waals surface area (Å²) in [5.41, 5.74) is 0.469. The van der Waals surface area contributed by atoms with E-state index in [0.717, 1.165) is 0 Å². The highest BCUT2D eigenvalue weighted by atomic mass is 35.5. The van der Waals surface area contributed by atoms with Crippen LogP contribution in [0.1, 0.15) is 10.4 Å². The third kappa shape index (κ3) is 2.72. The standard InChI is InChI=1S/C12H10Cl2N4OS/c13-9-4-8(10(14)20-9)11(19)18-5-7(6-18)17-12-15-2-1-3-16-12/h1-4,7H,5-6H2,(H,15,16,17). The number of likely N-dealkylation sites (tertiary alicyclic amines) is 1. The van der Waals surface area contributed by atoms with Gasteiger partial charge < -0.3 is 10.2 Å². The van der Waals surface area contributed by atoms with Crippen molar-refractivity contribution in [3.63, 3.8) is 0 Å². The molecule has 1 saturated heterocycles. The third-order valence-electron chi connectivity index (χ3n) is 2.95. The normalized spacial score (nSPS) is 15.0. The Morgan fingerprint density at radius 2 is 2.05 bits per heavy atom. The lowest BCUT2D eigenvalue weighted by atomic mass is 10.1. The Morgan fingerprint density at radius 1 is 1.35 bits per heavy atom. The van der Waals surface area contributed by atoms with Gasteiger partial charge in [-0.25, -0.2) is 9.97 Å². The minimum Gasteiger partial charge on any atom is -0.348 e. The van der Waals surface area contributed by atoms with Crippen LogP contribution in [0.3, 0.4) is 0 Å². The molecule has 0 radical (unpaired) electrons. The number of nitrogens with zero attached hydrogens (tertiary/aromatic N) is 3. The summed E-state index contributed by atoms with van der Waals surface area (Å²) in [4.78, 5) is 22.1. The number of halogens is 2. The van der Waals surface area contributed by atoms with Gasteiger partial charge in [-0.05, 0) is 12.1 Å². The lowest BCUT2D eigenvalue weighted by molar-refractivity contribution is 0.0625. The Kier molecular flexibility index (Phi) is 3.78. The van der Waals surface area contributed by atoms with Crippen molar-refractivity contribution in [2.45, 2.75) is 6.04 Å². The Labute approximate surface area is 129 Å². The summed E-state index contributed by atoms with van der Waals surface area (Å²) in [6.45, 7) is 1.20. The molecule has 1 aliphatic heterocycles. The first-order valence-corrected chi connectivity index (χ1v) is 7.48. The highest BCUT2D eigenvalue weighted by Crippen LogP contribution is 2.32. The lowest BCUT2D eigenvalue weighted by Crippen LogP contribution is -2.57. The number of hydrogen-bond acceptors (Lipinski definition) is 5. The summed E-state index contributed by atoms with van der Waals surface area (Å²) in [7, 11) is 0. The van der Waals surface area contributed by atoms with Crippen LogP contribution in [0.2, 0.25) is 8.67 Å².